The van der Waals surface area contributed by atoms with Crippen molar-refractivity contribution in [1.29, 1.82) is 0 Å². The van der Waals surface area contributed by atoms with E-state index in [-0.39, 0.29) is 25.5 Å². The molecule has 1 aliphatic heterocycles. The number of aromatic nitrogens is 3. The van der Waals surface area contributed by atoms with Gasteiger partial charge in [-0.2, -0.15) is 18.3 Å². The minimum absolute atomic E-state index is 0.0934. The molecule has 1 aromatic heterocycles. The van der Waals surface area contributed by atoms with Crippen LogP contribution in [0.5, 0.6) is 0 Å². The number of ether oxygens (including phenoxy) is 1. The highest BCUT2D eigenvalue weighted by Gasteiger charge is 2.37. The van der Waals surface area contributed by atoms with Gasteiger partial charge < -0.3 is 9.64 Å². The molecule has 27 heavy (non-hydrogen) atoms. The number of nitrogens with one attached hydrogen (secondary N) is 1. The summed E-state index contributed by atoms with van der Waals surface area (Å²) in [6.45, 7) is 3.67. The van der Waals surface area contributed by atoms with Crippen molar-refractivity contribution in [3.05, 3.63) is 52.2 Å². The second-order valence-electron chi connectivity index (χ2n) is 7.05. The number of H-pyrrole nitrogens is 1. The van der Waals surface area contributed by atoms with Crippen LogP contribution in [0.4, 0.5) is 13.2 Å². The Bertz CT molecular complexity index is 888. The minimum Gasteiger partial charge on any atom is -0.364 e. The highest BCUT2D eigenvalue weighted by Crippen LogP contribution is 2.35. The summed E-state index contributed by atoms with van der Waals surface area (Å²) >= 11 is 0. The van der Waals surface area contributed by atoms with E-state index in [1.54, 1.807) is 19.9 Å². The quantitative estimate of drug-likeness (QED) is 0.878. The van der Waals surface area contributed by atoms with Gasteiger partial charge in [0.05, 0.1) is 17.7 Å². The van der Waals surface area contributed by atoms with Crippen molar-refractivity contribution in [2.45, 2.75) is 38.3 Å². The van der Waals surface area contributed by atoms with Crippen LogP contribution >= 0.6 is 0 Å². The molecule has 1 aromatic carbocycles. The Hall–Kier alpha value is -2.62. The van der Waals surface area contributed by atoms with Gasteiger partial charge in [-0.3, -0.25) is 9.36 Å². The summed E-state index contributed by atoms with van der Waals surface area (Å²) in [5.74, 6) is -0.341. The van der Waals surface area contributed by atoms with Crippen molar-refractivity contribution >= 4 is 5.91 Å². The number of hydrogen-bond donors (Lipinski definition) is 1. The predicted molar refractivity (Wildman–Crippen MR) is 88.8 cm³/mol. The number of amides is 1. The van der Waals surface area contributed by atoms with Gasteiger partial charge in [0.2, 0.25) is 5.91 Å². The fraction of sp³-hybridized carbons (Fsp3) is 0.471. The van der Waals surface area contributed by atoms with Crippen LogP contribution in [0.15, 0.2) is 35.4 Å². The Morgan fingerprint density at radius 3 is 2.78 bits per heavy atom. The maximum Gasteiger partial charge on any atom is 0.416 e. The van der Waals surface area contributed by atoms with Gasteiger partial charge in [0, 0.05) is 6.54 Å². The molecule has 7 nitrogen and oxygen atoms in total. The molecule has 0 saturated carbocycles. The van der Waals surface area contributed by atoms with Crippen molar-refractivity contribution in [3.8, 4) is 0 Å². The fourth-order valence-corrected chi connectivity index (χ4v) is 3.09. The van der Waals surface area contributed by atoms with E-state index in [2.05, 4.69) is 10.2 Å². The largest absolute Gasteiger partial charge is 0.416 e. The van der Waals surface area contributed by atoms with Crippen molar-refractivity contribution in [2.24, 2.45) is 0 Å². The smallest absolute Gasteiger partial charge is 0.364 e. The number of carbonyl (C=O) groups is 1. The van der Waals surface area contributed by atoms with Gasteiger partial charge in [-0.15, -0.1) is 0 Å². The fourth-order valence-electron chi connectivity index (χ4n) is 3.09. The number of nitrogens with zero attached hydrogens (tertiary/aromatic N) is 3. The van der Waals surface area contributed by atoms with Gasteiger partial charge in [-0.1, -0.05) is 12.1 Å². The second kappa shape index (κ2) is 6.84. The Kier molecular flexibility index (Phi) is 4.85. The average Bonchev–Trinajstić information content (AvgIpc) is 2.97. The lowest BCUT2D eigenvalue weighted by atomic mass is 9.99. The standard InChI is InChI=1S/C17H19F3N4O3/c1-16(2)9-23(14(25)8-24-10-21-22-15(24)26)7-13(27-16)11-4-3-5-12(6-11)17(18,19)20/h3-6,10,13H,7-9H2,1-2H3,(H,22,26). The minimum atomic E-state index is -4.46. The Balaban J connectivity index is 1.82. The van der Waals surface area contributed by atoms with E-state index < -0.39 is 29.1 Å². The van der Waals surface area contributed by atoms with Crippen LogP contribution in [0, 0.1) is 0 Å². The monoisotopic (exact) mass is 384 g/mol. The number of carbonyl (C=O) groups excluding carboxylic acids is 1. The first-order valence-corrected chi connectivity index (χ1v) is 8.28. The molecule has 10 heteroatoms. The summed E-state index contributed by atoms with van der Waals surface area (Å²) in [5, 5.41) is 5.77. The lowest BCUT2D eigenvalue weighted by molar-refractivity contribution is -0.163. The van der Waals surface area contributed by atoms with Crippen LogP contribution in [-0.2, 0) is 22.3 Å². The molecule has 0 bridgehead atoms. The molecule has 2 aromatic rings. The molecule has 3 rings (SSSR count). The topological polar surface area (TPSA) is 80.2 Å². The number of hydrogen-bond acceptors (Lipinski definition) is 4. The zero-order valence-electron chi connectivity index (χ0n) is 14.8. The van der Waals surface area contributed by atoms with E-state index in [4.69, 9.17) is 4.74 Å². The summed E-state index contributed by atoms with van der Waals surface area (Å²) in [6.07, 6.45) is -3.95. The van der Waals surface area contributed by atoms with Gasteiger partial charge in [-0.25, -0.2) is 9.89 Å². The number of rotatable bonds is 3. The Morgan fingerprint density at radius 1 is 1.41 bits per heavy atom. The molecule has 1 aliphatic rings. The van der Waals surface area contributed by atoms with E-state index in [0.717, 1.165) is 16.7 Å². The van der Waals surface area contributed by atoms with E-state index >= 15 is 0 Å². The van der Waals surface area contributed by atoms with Crippen LogP contribution in [0.2, 0.25) is 0 Å². The van der Waals surface area contributed by atoms with Gasteiger partial charge in [-0.05, 0) is 31.5 Å². The van der Waals surface area contributed by atoms with Gasteiger partial charge in [0.15, 0.2) is 0 Å². The average molecular weight is 384 g/mol. The third-order valence-electron chi connectivity index (χ3n) is 4.28. The van der Waals surface area contributed by atoms with Gasteiger partial charge in [0.25, 0.3) is 0 Å². The molecule has 0 spiro atoms. The first-order valence-electron chi connectivity index (χ1n) is 8.28. The summed E-state index contributed by atoms with van der Waals surface area (Å²) in [4.78, 5) is 25.6. The molecule has 0 aliphatic carbocycles. The predicted octanol–water partition coefficient (Wildman–Crippen LogP) is 1.97. The molecular weight excluding hydrogens is 365 g/mol. The van der Waals surface area contributed by atoms with Crippen molar-refractivity contribution in [2.75, 3.05) is 13.1 Å². The summed E-state index contributed by atoms with van der Waals surface area (Å²) in [6, 6.07) is 4.89. The van der Waals surface area contributed by atoms with E-state index in [1.165, 1.54) is 17.3 Å². The summed E-state index contributed by atoms with van der Waals surface area (Å²) in [7, 11) is 0. The zero-order valence-corrected chi connectivity index (χ0v) is 14.8. The third kappa shape index (κ3) is 4.38. The normalized spacial score (nSPS) is 19.9. The van der Waals surface area contributed by atoms with E-state index in [0.29, 0.717) is 5.56 Å². The zero-order chi connectivity index (χ0) is 19.8. The van der Waals surface area contributed by atoms with E-state index in [1.807, 2.05) is 0 Å². The van der Waals surface area contributed by atoms with Crippen LogP contribution in [0.3, 0.4) is 0 Å². The van der Waals surface area contributed by atoms with Gasteiger partial charge >= 0.3 is 11.9 Å². The lowest BCUT2D eigenvalue weighted by Gasteiger charge is -2.43. The number of alkyl halides is 3. The molecule has 1 unspecified atom stereocenters. The maximum absolute atomic E-state index is 13.0. The molecule has 1 fully saturated rings. The molecule has 1 N–H and O–H groups in total. The second-order valence-corrected chi connectivity index (χ2v) is 7.05. The third-order valence-corrected chi connectivity index (χ3v) is 4.28. The number of halogens is 3. The first kappa shape index (κ1) is 19.2. The maximum atomic E-state index is 13.0. The van der Waals surface area contributed by atoms with Crippen LogP contribution < -0.4 is 5.69 Å². The summed E-state index contributed by atoms with van der Waals surface area (Å²) in [5.41, 5.74) is -1.69. The lowest BCUT2D eigenvalue weighted by Crippen LogP contribution is -2.52. The molecule has 146 valence electrons. The number of benzene rings is 1. The van der Waals surface area contributed by atoms with E-state index in [9.17, 15) is 22.8 Å². The molecule has 1 saturated heterocycles. The molecule has 1 amide bonds. The highest BCUT2D eigenvalue weighted by atomic mass is 19.4. The highest BCUT2D eigenvalue weighted by molar-refractivity contribution is 5.76. The summed E-state index contributed by atoms with van der Waals surface area (Å²) < 4.78 is 46.0. The SMILES string of the molecule is CC1(C)CN(C(=O)Cn2cn[nH]c2=O)CC(c2cccc(C(F)(F)F)c2)O1. The van der Waals surface area contributed by atoms with Gasteiger partial charge in [0.1, 0.15) is 19.0 Å². The molecule has 2 heterocycles. The van der Waals surface area contributed by atoms with Crippen LogP contribution in [0.1, 0.15) is 31.1 Å². The van der Waals surface area contributed by atoms with Crippen molar-refractivity contribution in [3.63, 3.8) is 0 Å². The number of aromatic amines is 1. The first-order chi connectivity index (χ1) is 12.5. The Labute approximate surface area is 152 Å². The van der Waals surface area contributed by atoms with Crippen molar-refractivity contribution in [1.82, 2.24) is 19.7 Å². The van der Waals surface area contributed by atoms with Crippen LogP contribution in [-0.4, -0.2) is 44.3 Å². The molecule has 1 atom stereocenters. The number of morpholine rings is 1. The van der Waals surface area contributed by atoms with Crippen molar-refractivity contribution < 1.29 is 22.7 Å². The molecule has 0 radical (unpaired) electrons. The Morgan fingerprint density at radius 2 is 2.15 bits per heavy atom. The van der Waals surface area contributed by atoms with Crippen LogP contribution in [0.25, 0.3) is 0 Å². The molecular formula is C17H19F3N4O3.